The molecule has 0 spiro atoms. The van der Waals surface area contributed by atoms with E-state index in [1.807, 2.05) is 30.5 Å². The molecular weight excluding hydrogens is 350 g/mol. The first kappa shape index (κ1) is 18.5. The summed E-state index contributed by atoms with van der Waals surface area (Å²) >= 11 is 0. The van der Waals surface area contributed by atoms with Gasteiger partial charge in [0.25, 0.3) is 5.91 Å². The molecule has 1 aliphatic rings. The Hall–Kier alpha value is -2.89. The molecule has 146 valence electrons. The Morgan fingerprint density at radius 3 is 3.04 bits per heavy atom. The Kier molecular flexibility index (Phi) is 4.79. The zero-order chi connectivity index (χ0) is 19.7. The van der Waals surface area contributed by atoms with Gasteiger partial charge in [0, 0.05) is 33.9 Å². The molecule has 0 aliphatic heterocycles. The molecule has 1 amide bonds. The Morgan fingerprint density at radius 2 is 2.21 bits per heavy atom. The summed E-state index contributed by atoms with van der Waals surface area (Å²) in [7, 11) is 0. The largest absolute Gasteiger partial charge is 0.361 e. The highest BCUT2D eigenvalue weighted by Gasteiger charge is 2.34. The number of hydrazone groups is 1. The number of aryl methyl sites for hydroxylation is 1. The van der Waals surface area contributed by atoms with E-state index in [9.17, 15) is 4.79 Å². The molecule has 0 unspecified atom stereocenters. The van der Waals surface area contributed by atoms with Crippen LogP contribution >= 0.6 is 0 Å². The van der Waals surface area contributed by atoms with Crippen molar-refractivity contribution in [3.63, 3.8) is 0 Å². The maximum absolute atomic E-state index is 12.7. The summed E-state index contributed by atoms with van der Waals surface area (Å²) in [6, 6.07) is 8.00. The summed E-state index contributed by atoms with van der Waals surface area (Å²) < 4.78 is 0. The molecule has 1 aliphatic carbocycles. The SMILES string of the molecule is CCC(C)(C)[C@@H]1CCc2[nH]nc(C(=O)N/N=C/c3c[nH]c4ccccc34)c2C1. The average Bonchev–Trinajstić information content (AvgIpc) is 3.32. The molecule has 1 aromatic carbocycles. The van der Waals surface area contributed by atoms with Crippen LogP contribution in [-0.2, 0) is 12.8 Å². The van der Waals surface area contributed by atoms with Gasteiger partial charge in [0.1, 0.15) is 0 Å². The van der Waals surface area contributed by atoms with Gasteiger partial charge in [-0.25, -0.2) is 5.43 Å². The summed E-state index contributed by atoms with van der Waals surface area (Å²) in [5, 5.41) is 12.6. The number of benzene rings is 1. The van der Waals surface area contributed by atoms with Crippen LogP contribution in [0.4, 0.5) is 0 Å². The van der Waals surface area contributed by atoms with Gasteiger partial charge in [-0.05, 0) is 36.7 Å². The number of aromatic nitrogens is 3. The van der Waals surface area contributed by atoms with Crippen LogP contribution in [-0.4, -0.2) is 27.3 Å². The van der Waals surface area contributed by atoms with E-state index in [0.29, 0.717) is 11.6 Å². The number of aromatic amines is 2. The summed E-state index contributed by atoms with van der Waals surface area (Å²) in [6.07, 6.45) is 7.65. The van der Waals surface area contributed by atoms with E-state index in [4.69, 9.17) is 0 Å². The summed E-state index contributed by atoms with van der Waals surface area (Å²) in [4.78, 5) is 15.9. The lowest BCUT2D eigenvalue weighted by atomic mass is 9.69. The van der Waals surface area contributed by atoms with E-state index >= 15 is 0 Å². The van der Waals surface area contributed by atoms with E-state index in [1.165, 1.54) is 0 Å². The number of nitrogens with zero attached hydrogens (tertiary/aromatic N) is 2. The van der Waals surface area contributed by atoms with E-state index in [-0.39, 0.29) is 11.3 Å². The fourth-order valence-corrected chi connectivity index (χ4v) is 4.05. The highest BCUT2D eigenvalue weighted by atomic mass is 16.2. The van der Waals surface area contributed by atoms with Crippen LogP contribution in [0.3, 0.4) is 0 Å². The Labute approximate surface area is 164 Å². The number of H-pyrrole nitrogens is 2. The van der Waals surface area contributed by atoms with E-state index in [2.05, 4.69) is 46.5 Å². The molecule has 0 fully saturated rings. The number of hydrogen-bond donors (Lipinski definition) is 3. The zero-order valence-electron chi connectivity index (χ0n) is 16.7. The van der Waals surface area contributed by atoms with Crippen LogP contribution < -0.4 is 5.43 Å². The minimum absolute atomic E-state index is 0.260. The maximum Gasteiger partial charge on any atom is 0.292 e. The normalized spacial score (nSPS) is 17.2. The van der Waals surface area contributed by atoms with Gasteiger partial charge < -0.3 is 4.98 Å². The number of nitrogens with one attached hydrogen (secondary N) is 3. The van der Waals surface area contributed by atoms with Gasteiger partial charge in [0.05, 0.1) is 6.21 Å². The molecule has 3 N–H and O–H groups in total. The van der Waals surface area contributed by atoms with Gasteiger partial charge in [0.15, 0.2) is 5.69 Å². The molecule has 6 nitrogen and oxygen atoms in total. The predicted molar refractivity (Wildman–Crippen MR) is 112 cm³/mol. The molecule has 0 saturated carbocycles. The third kappa shape index (κ3) is 3.35. The second-order valence-electron chi connectivity index (χ2n) is 8.30. The second-order valence-corrected chi connectivity index (χ2v) is 8.30. The number of rotatable bonds is 5. The lowest BCUT2D eigenvalue weighted by Gasteiger charge is -2.36. The van der Waals surface area contributed by atoms with Crippen molar-refractivity contribution in [3.8, 4) is 0 Å². The summed E-state index contributed by atoms with van der Waals surface area (Å²) in [5.41, 5.74) is 7.50. The molecule has 3 aromatic rings. The number of carbonyl (C=O) groups excluding carboxylic acids is 1. The number of amides is 1. The standard InChI is InChI=1S/C22H27N5O/c1-4-22(2,3)15-9-10-19-17(11-15)20(26-25-19)21(28)27-24-13-14-12-23-18-8-6-5-7-16(14)18/h5-8,12-13,15,23H,4,9-11H2,1-3H3,(H,25,26)(H,27,28)/b24-13+/t15-/m1/s1. The number of fused-ring (bicyclic) bond motifs is 2. The molecule has 0 bridgehead atoms. The van der Waals surface area contributed by atoms with Crippen molar-refractivity contribution in [2.45, 2.75) is 46.5 Å². The van der Waals surface area contributed by atoms with Crippen molar-refractivity contribution in [1.82, 2.24) is 20.6 Å². The minimum Gasteiger partial charge on any atom is -0.361 e. The van der Waals surface area contributed by atoms with Crippen molar-refractivity contribution >= 4 is 23.0 Å². The van der Waals surface area contributed by atoms with Gasteiger partial charge in [-0.15, -0.1) is 0 Å². The van der Waals surface area contributed by atoms with E-state index in [0.717, 1.165) is 53.4 Å². The first-order valence-corrected chi connectivity index (χ1v) is 9.95. The fraction of sp³-hybridized carbons (Fsp3) is 0.409. The molecule has 0 radical (unpaired) electrons. The van der Waals surface area contributed by atoms with Crippen LogP contribution in [0.5, 0.6) is 0 Å². The van der Waals surface area contributed by atoms with Crippen LogP contribution in [0, 0.1) is 11.3 Å². The maximum atomic E-state index is 12.7. The average molecular weight is 377 g/mol. The third-order valence-corrected chi connectivity index (χ3v) is 6.37. The molecule has 28 heavy (non-hydrogen) atoms. The molecule has 0 saturated heterocycles. The Morgan fingerprint density at radius 1 is 1.39 bits per heavy atom. The third-order valence-electron chi connectivity index (χ3n) is 6.37. The first-order chi connectivity index (χ1) is 13.5. The van der Waals surface area contributed by atoms with Gasteiger partial charge in [-0.2, -0.15) is 10.2 Å². The van der Waals surface area contributed by atoms with Gasteiger partial charge in [0.2, 0.25) is 0 Å². The summed E-state index contributed by atoms with van der Waals surface area (Å²) in [6.45, 7) is 6.86. The highest BCUT2D eigenvalue weighted by Crippen LogP contribution is 2.40. The van der Waals surface area contributed by atoms with Crippen molar-refractivity contribution in [2.24, 2.45) is 16.4 Å². The first-order valence-electron chi connectivity index (χ1n) is 9.95. The zero-order valence-corrected chi connectivity index (χ0v) is 16.7. The van der Waals surface area contributed by atoms with Crippen molar-refractivity contribution < 1.29 is 4.79 Å². The second kappa shape index (κ2) is 7.26. The Bertz CT molecular complexity index is 1030. The smallest absolute Gasteiger partial charge is 0.292 e. The fourth-order valence-electron chi connectivity index (χ4n) is 4.05. The lowest BCUT2D eigenvalue weighted by Crippen LogP contribution is -2.30. The van der Waals surface area contributed by atoms with Crippen LogP contribution in [0.2, 0.25) is 0 Å². The van der Waals surface area contributed by atoms with Crippen molar-refractivity contribution in [1.29, 1.82) is 0 Å². The number of hydrogen-bond acceptors (Lipinski definition) is 3. The predicted octanol–water partition coefficient (Wildman–Crippen LogP) is 4.20. The number of para-hydroxylation sites is 1. The molecule has 2 aromatic heterocycles. The molecule has 4 rings (SSSR count). The molecule has 6 heteroatoms. The van der Waals surface area contributed by atoms with E-state index in [1.54, 1.807) is 6.21 Å². The molecule has 2 heterocycles. The molecular formula is C22H27N5O. The highest BCUT2D eigenvalue weighted by molar-refractivity contribution is 6.00. The monoisotopic (exact) mass is 377 g/mol. The van der Waals surface area contributed by atoms with Gasteiger partial charge >= 0.3 is 0 Å². The minimum atomic E-state index is -0.261. The topological polar surface area (TPSA) is 85.9 Å². The Balaban J connectivity index is 1.49. The quantitative estimate of drug-likeness (QED) is 0.460. The lowest BCUT2D eigenvalue weighted by molar-refractivity contribution is 0.0947. The van der Waals surface area contributed by atoms with Crippen molar-refractivity contribution in [3.05, 3.63) is 53.0 Å². The van der Waals surface area contributed by atoms with E-state index < -0.39 is 0 Å². The van der Waals surface area contributed by atoms with Crippen LogP contribution in [0.15, 0.2) is 35.6 Å². The van der Waals surface area contributed by atoms with Crippen LogP contribution in [0.25, 0.3) is 10.9 Å². The van der Waals surface area contributed by atoms with Crippen LogP contribution in [0.1, 0.15) is 60.9 Å². The number of carbonyl (C=O) groups is 1. The van der Waals surface area contributed by atoms with Gasteiger partial charge in [-0.1, -0.05) is 45.4 Å². The summed E-state index contributed by atoms with van der Waals surface area (Å²) in [5.74, 6) is 0.299. The van der Waals surface area contributed by atoms with Crippen molar-refractivity contribution in [2.75, 3.05) is 0 Å². The van der Waals surface area contributed by atoms with Gasteiger partial charge in [-0.3, -0.25) is 9.89 Å². The molecule has 1 atom stereocenters.